The minimum atomic E-state index is -0.127. The molecule has 0 atom stereocenters. The smallest absolute Gasteiger partial charge is 0.164 e. The standard InChI is InChI=1S/C60H47IN8/c1-36-24-42(30-46(61)25-36)56-66-55(67-57(68-56)43-28-44(59(2,3)4)32-45(29-43)60(5,6)7)41-20-23-54(69-52-21-18-37(34-62)26-47(52)48-27-38(35-63)19-22-53(48)69)49(31-41)58-64-50(39-14-10-8-11-15-39)33-51(65-58)40-16-12-9-13-17-40/h8-33H,1-7H3. The molecule has 0 unspecified atom stereocenters. The highest BCUT2D eigenvalue weighted by Gasteiger charge is 2.25. The van der Waals surface area contributed by atoms with Crippen molar-refractivity contribution in [3.05, 3.63) is 189 Å². The third-order valence-electron chi connectivity index (χ3n) is 12.5. The molecule has 0 fully saturated rings. The molecule has 0 saturated carbocycles. The molecule has 0 amide bonds. The molecular formula is C60H47IN8. The van der Waals surface area contributed by atoms with E-state index in [0.717, 1.165) is 81.4 Å². The van der Waals surface area contributed by atoms with Crippen LogP contribution >= 0.6 is 22.6 Å². The van der Waals surface area contributed by atoms with E-state index < -0.39 is 0 Å². The van der Waals surface area contributed by atoms with E-state index in [0.29, 0.717) is 34.4 Å². The van der Waals surface area contributed by atoms with Crippen molar-refractivity contribution in [3.63, 3.8) is 0 Å². The normalized spacial score (nSPS) is 11.7. The number of halogens is 1. The van der Waals surface area contributed by atoms with Crippen molar-refractivity contribution in [2.75, 3.05) is 0 Å². The van der Waals surface area contributed by atoms with Crippen LogP contribution in [-0.2, 0) is 10.8 Å². The van der Waals surface area contributed by atoms with Crippen molar-refractivity contribution in [2.45, 2.75) is 59.3 Å². The van der Waals surface area contributed by atoms with Crippen molar-refractivity contribution >= 4 is 44.4 Å². The summed E-state index contributed by atoms with van der Waals surface area (Å²) in [7, 11) is 0. The summed E-state index contributed by atoms with van der Waals surface area (Å²) in [5.74, 6) is 2.14. The van der Waals surface area contributed by atoms with Crippen LogP contribution in [0.15, 0.2) is 158 Å². The van der Waals surface area contributed by atoms with E-state index in [9.17, 15) is 10.5 Å². The highest BCUT2D eigenvalue weighted by molar-refractivity contribution is 14.1. The van der Waals surface area contributed by atoms with Gasteiger partial charge in [0.15, 0.2) is 23.3 Å². The molecule has 0 saturated heterocycles. The molecule has 0 spiro atoms. The van der Waals surface area contributed by atoms with E-state index in [1.165, 1.54) is 11.1 Å². The Balaban J connectivity index is 1.29. The zero-order valence-electron chi connectivity index (χ0n) is 39.5. The Morgan fingerprint density at radius 2 is 0.942 bits per heavy atom. The number of rotatable bonds is 7. The molecule has 0 radical (unpaired) electrons. The first-order chi connectivity index (χ1) is 33.1. The van der Waals surface area contributed by atoms with Gasteiger partial charge in [-0.2, -0.15) is 10.5 Å². The molecule has 334 valence electrons. The molecule has 0 aliphatic carbocycles. The number of aryl methyl sites for hydroxylation is 1. The Kier molecular flexibility index (Phi) is 11.5. The van der Waals surface area contributed by atoms with Gasteiger partial charge < -0.3 is 4.57 Å². The maximum atomic E-state index is 10.0. The van der Waals surface area contributed by atoms with Gasteiger partial charge in [-0.3, -0.25) is 0 Å². The first-order valence-corrected chi connectivity index (χ1v) is 23.9. The third kappa shape index (κ3) is 8.90. The van der Waals surface area contributed by atoms with Gasteiger partial charge in [0, 0.05) is 47.7 Å². The van der Waals surface area contributed by atoms with E-state index in [4.69, 9.17) is 24.9 Å². The van der Waals surface area contributed by atoms with E-state index in [2.05, 4.69) is 167 Å². The molecule has 69 heavy (non-hydrogen) atoms. The monoisotopic (exact) mass is 1010 g/mol. The summed E-state index contributed by atoms with van der Waals surface area (Å²) in [6, 6.07) is 57.7. The molecule has 0 aliphatic heterocycles. The fraction of sp³-hybridized carbons (Fsp3) is 0.150. The summed E-state index contributed by atoms with van der Waals surface area (Å²) in [5.41, 5.74) is 13.6. The molecule has 9 heteroatoms. The van der Waals surface area contributed by atoms with Crippen LogP contribution in [-0.4, -0.2) is 29.5 Å². The van der Waals surface area contributed by atoms with E-state index in [1.807, 2.05) is 78.9 Å². The van der Waals surface area contributed by atoms with Gasteiger partial charge >= 0.3 is 0 Å². The lowest BCUT2D eigenvalue weighted by Gasteiger charge is -2.26. The van der Waals surface area contributed by atoms with Gasteiger partial charge in [-0.25, -0.2) is 24.9 Å². The Labute approximate surface area is 416 Å². The SMILES string of the molecule is Cc1cc(I)cc(-c2nc(-c3cc(C(C)(C)C)cc(C(C)(C)C)c3)nc(-c3ccc(-n4c5ccc(C#N)cc5c5cc(C#N)ccc54)c(-c4nc(-c5ccccc5)cc(-c5ccccc5)n4)c3)n2)c1. The van der Waals surface area contributed by atoms with Gasteiger partial charge in [0.25, 0.3) is 0 Å². The second-order valence-corrected chi connectivity index (χ2v) is 20.8. The van der Waals surface area contributed by atoms with Gasteiger partial charge in [0.2, 0.25) is 0 Å². The van der Waals surface area contributed by atoms with Gasteiger partial charge in [0.05, 0.1) is 51.4 Å². The van der Waals surface area contributed by atoms with Gasteiger partial charge in [0.1, 0.15) is 0 Å². The number of nitrogens with zero attached hydrogens (tertiary/aromatic N) is 8. The average molecular weight is 1010 g/mol. The Morgan fingerprint density at radius 1 is 0.449 bits per heavy atom. The third-order valence-corrected chi connectivity index (χ3v) is 13.1. The van der Waals surface area contributed by atoms with E-state index in [-0.39, 0.29) is 10.8 Å². The maximum absolute atomic E-state index is 10.0. The second kappa shape index (κ2) is 17.7. The summed E-state index contributed by atoms with van der Waals surface area (Å²) in [6.07, 6.45) is 0. The second-order valence-electron chi connectivity index (χ2n) is 19.6. The van der Waals surface area contributed by atoms with E-state index in [1.54, 1.807) is 0 Å². The topological polar surface area (TPSA) is 117 Å². The molecule has 10 rings (SSSR count). The van der Waals surface area contributed by atoms with Crippen LogP contribution < -0.4 is 0 Å². The Bertz CT molecular complexity index is 3550. The van der Waals surface area contributed by atoms with Gasteiger partial charge in [-0.05, 0) is 148 Å². The van der Waals surface area contributed by atoms with Crippen LogP contribution in [0.5, 0.6) is 0 Å². The van der Waals surface area contributed by atoms with Gasteiger partial charge in [-0.1, -0.05) is 108 Å². The molecule has 7 aromatic carbocycles. The highest BCUT2D eigenvalue weighted by Crippen LogP contribution is 2.40. The average Bonchev–Trinajstić information content (AvgIpc) is 3.68. The van der Waals surface area contributed by atoms with Crippen LogP contribution in [0.1, 0.15) is 69.4 Å². The molecule has 0 bridgehead atoms. The van der Waals surface area contributed by atoms with Crippen LogP contribution in [0.25, 0.3) is 95.6 Å². The number of hydrogen-bond donors (Lipinski definition) is 0. The van der Waals surface area contributed by atoms with E-state index >= 15 is 0 Å². The molecule has 10 aromatic rings. The van der Waals surface area contributed by atoms with Crippen molar-refractivity contribution in [1.82, 2.24) is 29.5 Å². The summed E-state index contributed by atoms with van der Waals surface area (Å²) in [4.78, 5) is 26.6. The minimum Gasteiger partial charge on any atom is -0.308 e. The predicted molar refractivity (Wildman–Crippen MR) is 287 cm³/mol. The van der Waals surface area contributed by atoms with Crippen molar-refractivity contribution in [2.24, 2.45) is 0 Å². The first-order valence-electron chi connectivity index (χ1n) is 22.9. The number of fused-ring (bicyclic) bond motifs is 3. The summed E-state index contributed by atoms with van der Waals surface area (Å²) in [5, 5.41) is 21.8. The number of hydrogen-bond acceptors (Lipinski definition) is 7. The number of aromatic nitrogens is 6. The number of benzene rings is 7. The van der Waals surface area contributed by atoms with Crippen LogP contribution in [0.4, 0.5) is 0 Å². The van der Waals surface area contributed by atoms with Crippen molar-refractivity contribution in [3.8, 4) is 85.9 Å². The summed E-state index contributed by atoms with van der Waals surface area (Å²) >= 11 is 2.36. The lowest BCUT2D eigenvalue weighted by atomic mass is 9.79. The minimum absolute atomic E-state index is 0.127. The van der Waals surface area contributed by atoms with Gasteiger partial charge in [-0.15, -0.1) is 0 Å². The lowest BCUT2D eigenvalue weighted by molar-refractivity contribution is 0.569. The quantitative estimate of drug-likeness (QED) is 0.146. The predicted octanol–water partition coefficient (Wildman–Crippen LogP) is 15.0. The van der Waals surface area contributed by atoms with Crippen LogP contribution in [0.2, 0.25) is 0 Å². The van der Waals surface area contributed by atoms with Crippen molar-refractivity contribution in [1.29, 1.82) is 10.5 Å². The molecule has 8 nitrogen and oxygen atoms in total. The van der Waals surface area contributed by atoms with Crippen LogP contribution in [0.3, 0.4) is 0 Å². The summed E-state index contributed by atoms with van der Waals surface area (Å²) < 4.78 is 3.26. The molecule has 0 aliphatic rings. The zero-order chi connectivity index (χ0) is 48.2. The maximum Gasteiger partial charge on any atom is 0.164 e. The van der Waals surface area contributed by atoms with Crippen molar-refractivity contribution < 1.29 is 0 Å². The molecule has 0 N–H and O–H groups in total. The fourth-order valence-corrected chi connectivity index (χ4v) is 9.63. The zero-order valence-corrected chi connectivity index (χ0v) is 41.6. The summed E-state index contributed by atoms with van der Waals surface area (Å²) in [6.45, 7) is 15.5. The lowest BCUT2D eigenvalue weighted by Crippen LogP contribution is -2.16. The molecule has 3 heterocycles. The first kappa shape index (κ1) is 44.9. The van der Waals surface area contributed by atoms with Crippen LogP contribution in [0, 0.1) is 33.2 Å². The number of nitriles is 2. The molecular weight excluding hydrogens is 960 g/mol. The Morgan fingerprint density at radius 3 is 1.42 bits per heavy atom. The fourth-order valence-electron chi connectivity index (χ4n) is 8.80. The largest absolute Gasteiger partial charge is 0.308 e. The molecule has 3 aromatic heterocycles. The highest BCUT2D eigenvalue weighted by atomic mass is 127. The Hall–Kier alpha value is -7.86.